The number of likely N-dealkylation sites (N-methyl/N-ethyl adjacent to an activating group) is 1. The second kappa shape index (κ2) is 12.6. The van der Waals surface area contributed by atoms with E-state index in [1.54, 1.807) is 6.07 Å². The predicted molar refractivity (Wildman–Crippen MR) is 184 cm³/mol. The predicted octanol–water partition coefficient (Wildman–Crippen LogP) is 3.53. The number of amides is 1. The first-order valence-corrected chi connectivity index (χ1v) is 20.1. The molecule has 3 aliphatic heterocycles. The molecule has 1 spiro atoms. The number of anilines is 2. The van der Waals surface area contributed by atoms with Crippen molar-refractivity contribution >= 4 is 58.7 Å². The number of nitrogens with two attached hydrogens (primary N) is 1. The molecule has 1 unspecified atom stereocenters. The molecule has 10 nitrogen and oxygen atoms in total. The Balaban J connectivity index is 1.22. The van der Waals surface area contributed by atoms with E-state index in [0.29, 0.717) is 30.8 Å². The van der Waals surface area contributed by atoms with E-state index in [0.717, 1.165) is 50.0 Å². The number of likely N-dealkylation sites (tertiary alicyclic amines) is 2. The van der Waals surface area contributed by atoms with Gasteiger partial charge in [-0.1, -0.05) is 0 Å². The van der Waals surface area contributed by atoms with E-state index >= 15 is 4.39 Å². The van der Waals surface area contributed by atoms with Crippen LogP contribution in [0.3, 0.4) is 0 Å². The summed E-state index contributed by atoms with van der Waals surface area (Å²) in [5.74, 6) is -0.839. The summed E-state index contributed by atoms with van der Waals surface area (Å²) < 4.78 is 39.0. The summed E-state index contributed by atoms with van der Waals surface area (Å²) in [6.07, 6.45) is 4.13. The van der Waals surface area contributed by atoms with Crippen molar-refractivity contribution in [2.75, 3.05) is 43.9 Å². The molecule has 1 aliphatic carbocycles. The summed E-state index contributed by atoms with van der Waals surface area (Å²) in [5.41, 5.74) is 6.01. The molecule has 1 saturated carbocycles. The van der Waals surface area contributed by atoms with Crippen molar-refractivity contribution < 1.29 is 39.5 Å². The molecule has 50 heavy (non-hydrogen) atoms. The number of halogens is 4. The Bertz CT molecular complexity index is 2170. The van der Waals surface area contributed by atoms with Crippen molar-refractivity contribution in [3.05, 3.63) is 40.4 Å². The summed E-state index contributed by atoms with van der Waals surface area (Å²) in [4.78, 5) is 29.2. The van der Waals surface area contributed by atoms with Crippen LogP contribution in [0, 0.1) is 40.2 Å². The number of carbonyl (C=O) groups is 1. The van der Waals surface area contributed by atoms with Crippen molar-refractivity contribution in [3.8, 4) is 29.3 Å². The van der Waals surface area contributed by atoms with Crippen LogP contribution in [-0.2, 0) is 0 Å². The standard InChI is InChI=1S/C35H33ClF2IN8O2S/c1-17(25-4-3-9-45(25)2)49-34-43-29-20(13-22(36)27(28(29)38)19-5-6-23(37)30-26(19)21(15-41)31(42)50-30)32(44-34)46-10-7-35(16-46)8-11-47(35)33(48)39-24-12-18(24)14-40/h5-6,13,17-18,24-25H,3-4,7-12,16,42H2,1-2H3/q-1/t17-,18-,24+,25-,35?/m0/s1. The molecule has 5 atom stereocenters. The Morgan fingerprint density at radius 3 is 2.72 bits per heavy atom. The Labute approximate surface area is 307 Å². The third kappa shape index (κ3) is 5.41. The van der Waals surface area contributed by atoms with Crippen molar-refractivity contribution in [2.45, 2.75) is 60.6 Å². The Hall–Kier alpha value is -3.57. The van der Waals surface area contributed by atoms with E-state index in [1.165, 1.54) is 12.1 Å². The van der Waals surface area contributed by atoms with E-state index in [1.807, 2.05) is 17.9 Å². The smallest absolute Gasteiger partial charge is 0.0388 e. The van der Waals surface area contributed by atoms with Crippen LogP contribution in [0.15, 0.2) is 18.2 Å². The van der Waals surface area contributed by atoms with Crippen LogP contribution in [0.1, 0.15) is 44.6 Å². The fourth-order valence-electron chi connectivity index (χ4n) is 7.86. The number of benzene rings is 2. The van der Waals surface area contributed by atoms with Crippen LogP contribution in [0.25, 0.3) is 32.1 Å². The van der Waals surface area contributed by atoms with Crippen LogP contribution < -0.4 is 36.6 Å². The molecule has 4 fully saturated rings. The second-order valence-corrected chi connectivity index (χ2v) is 18.3. The molecule has 5 heterocycles. The molecule has 0 radical (unpaired) electrons. The minimum atomic E-state index is -0.770. The molecule has 1 amide bonds. The number of hydrogen-bond donors (Lipinski definition) is 1. The first kappa shape index (κ1) is 33.6. The molecule has 8 rings (SSSR count). The number of ether oxygens (including phenoxy) is 1. The average Bonchev–Trinajstić information content (AvgIpc) is 3.38. The number of nitrogens with zero attached hydrogens (tertiary/aromatic N) is 7. The maximum absolute atomic E-state index is 17.1. The number of fused-ring (bicyclic) bond motifs is 2. The average molecular weight is 830 g/mol. The zero-order chi connectivity index (χ0) is 35.1. The third-order valence-corrected chi connectivity index (χ3v) is 15.4. The van der Waals surface area contributed by atoms with Crippen LogP contribution >= 0.6 is 22.9 Å². The number of thiophene rings is 1. The van der Waals surface area contributed by atoms with Crippen molar-refractivity contribution in [3.63, 3.8) is 0 Å². The Kier molecular flexibility index (Phi) is 8.45. The molecule has 4 aliphatic rings. The summed E-state index contributed by atoms with van der Waals surface area (Å²) in [6, 6.07) is 8.76. The van der Waals surface area contributed by atoms with Crippen molar-refractivity contribution in [1.29, 1.82) is 10.5 Å². The van der Waals surface area contributed by atoms with Gasteiger partial charge in [-0.2, -0.15) is 5.26 Å². The zero-order valence-corrected chi connectivity index (χ0v) is 31.1. The SMILES string of the molecule is C[C@H](Oc1nc(N2CCC3(CCN3C(=O)[I-][C@@H]3C[C@H]3C#N)C2)c2cc(Cl)c(-c3ccc(F)c4sc(N)c(C#N)c34)c(F)c2n1)[C@@H]1CCCN1C. The Morgan fingerprint density at radius 1 is 1.24 bits per heavy atom. The van der Waals surface area contributed by atoms with Crippen LogP contribution in [-0.4, -0.2) is 78.5 Å². The van der Waals surface area contributed by atoms with Crippen LogP contribution in [0.5, 0.6) is 6.01 Å². The molecule has 4 aromatic rings. The molecule has 2 aromatic carbocycles. The molecule has 0 bridgehead atoms. The second-order valence-electron chi connectivity index (χ2n) is 13.7. The molecule has 3 saturated heterocycles. The number of alkyl halides is 1. The van der Waals surface area contributed by atoms with Gasteiger partial charge < -0.3 is 5.73 Å². The first-order valence-electron chi connectivity index (χ1n) is 16.6. The quantitative estimate of drug-likeness (QED) is 0.129. The number of aromatic nitrogens is 2. The Morgan fingerprint density at radius 2 is 2.04 bits per heavy atom. The fourth-order valence-corrected chi connectivity index (χ4v) is 12.3. The van der Waals surface area contributed by atoms with E-state index in [2.05, 4.69) is 27.9 Å². The number of nitriles is 2. The molecular formula is C35H33ClF2IN8O2S-. The van der Waals surface area contributed by atoms with Gasteiger partial charge in [0.15, 0.2) is 0 Å². The maximum atomic E-state index is 17.1. The van der Waals surface area contributed by atoms with Gasteiger partial charge >= 0.3 is 229 Å². The monoisotopic (exact) mass is 829 g/mol. The number of rotatable bonds is 7. The van der Waals surface area contributed by atoms with Gasteiger partial charge in [0.2, 0.25) is 0 Å². The topological polar surface area (TPSA) is 135 Å². The normalized spacial score (nSPS) is 25.3. The molecule has 260 valence electrons. The van der Waals surface area contributed by atoms with Gasteiger partial charge in [-0.05, 0) is 26.1 Å². The summed E-state index contributed by atoms with van der Waals surface area (Å²) in [6.45, 7) is 4.70. The fraction of sp³-hybridized carbons (Fsp3) is 0.457. The molecule has 2 N–H and O–H groups in total. The van der Waals surface area contributed by atoms with E-state index in [4.69, 9.17) is 27.1 Å². The van der Waals surface area contributed by atoms with Gasteiger partial charge in [-0.25, -0.2) is 4.39 Å². The number of carbonyl (C=O) groups excluding carboxylic acids is 1. The number of hydrogen-bond acceptors (Lipinski definition) is 10. The molecule has 15 heteroatoms. The minimum Gasteiger partial charge on any atom is -0.0388 e. The molecule has 2 aromatic heterocycles. The van der Waals surface area contributed by atoms with Crippen LogP contribution in [0.4, 0.5) is 24.4 Å². The minimum absolute atomic E-state index is 0.0137. The summed E-state index contributed by atoms with van der Waals surface area (Å²) in [5, 5.41) is 19.9. The van der Waals surface area contributed by atoms with Gasteiger partial charge in [-0.3, -0.25) is 0 Å². The molecular weight excluding hydrogens is 797 g/mol. The van der Waals surface area contributed by atoms with Gasteiger partial charge in [0.05, 0.1) is 10.3 Å². The van der Waals surface area contributed by atoms with Gasteiger partial charge in [0.25, 0.3) is 0 Å². The van der Waals surface area contributed by atoms with Crippen LogP contribution in [0.2, 0.25) is 5.02 Å². The van der Waals surface area contributed by atoms with E-state index in [-0.39, 0.29) is 79.8 Å². The zero-order valence-electron chi connectivity index (χ0n) is 27.3. The van der Waals surface area contributed by atoms with E-state index < -0.39 is 32.8 Å². The first-order chi connectivity index (χ1) is 24.0. The third-order valence-electron chi connectivity index (χ3n) is 10.8. The van der Waals surface area contributed by atoms with Crippen molar-refractivity contribution in [1.82, 2.24) is 19.8 Å². The summed E-state index contributed by atoms with van der Waals surface area (Å²) >= 11 is 7.06. The van der Waals surface area contributed by atoms with Gasteiger partial charge in [-0.15, -0.1) is 11.3 Å². The summed E-state index contributed by atoms with van der Waals surface area (Å²) in [7, 11) is 2.05. The van der Waals surface area contributed by atoms with E-state index in [9.17, 15) is 19.7 Å². The van der Waals surface area contributed by atoms with Gasteiger partial charge in [0.1, 0.15) is 16.9 Å². The van der Waals surface area contributed by atoms with Gasteiger partial charge in [0, 0.05) is 0 Å². The van der Waals surface area contributed by atoms with Crippen molar-refractivity contribution in [2.24, 2.45) is 5.92 Å². The number of nitrogen functional groups attached to an aromatic ring is 1.